The van der Waals surface area contributed by atoms with Crippen LogP contribution in [0.5, 0.6) is 0 Å². The van der Waals surface area contributed by atoms with Crippen LogP contribution in [0.3, 0.4) is 0 Å². The van der Waals surface area contributed by atoms with Crippen LogP contribution in [0.4, 0.5) is 5.95 Å². The maximum absolute atomic E-state index is 11.5. The van der Waals surface area contributed by atoms with E-state index in [4.69, 9.17) is 15.2 Å². The summed E-state index contributed by atoms with van der Waals surface area (Å²) in [5.41, 5.74) is 4.87. The lowest BCUT2D eigenvalue weighted by molar-refractivity contribution is -0.145. The molecule has 19 heavy (non-hydrogen) atoms. The minimum absolute atomic E-state index is 0.0404. The molecule has 1 aliphatic heterocycles. The number of aromatic nitrogens is 3. The molecule has 0 aromatic carbocycles. The molecule has 1 saturated heterocycles. The zero-order valence-corrected chi connectivity index (χ0v) is 10.6. The van der Waals surface area contributed by atoms with E-state index in [2.05, 4.69) is 9.97 Å². The first-order chi connectivity index (χ1) is 9.04. The average Bonchev–Trinajstić information content (AvgIpc) is 2.78. The van der Waals surface area contributed by atoms with E-state index in [1.807, 2.05) is 0 Å². The first-order valence-electron chi connectivity index (χ1n) is 6.02. The zero-order chi connectivity index (χ0) is 13.8. The lowest BCUT2D eigenvalue weighted by atomic mass is 10.2. The van der Waals surface area contributed by atoms with Gasteiger partial charge in [-0.2, -0.15) is 4.98 Å². The summed E-state index contributed by atoms with van der Waals surface area (Å²) in [7, 11) is 0. The van der Waals surface area contributed by atoms with E-state index in [1.165, 1.54) is 17.8 Å². The molecule has 2 N–H and O–H groups in total. The highest BCUT2D eigenvalue weighted by Crippen LogP contribution is 2.20. The number of carbonyl (C=O) groups excluding carboxylic acids is 1. The fraction of sp³-hybridized carbons (Fsp3) is 0.636. The molecule has 0 amide bonds. The Bertz CT molecular complexity index is 516. The van der Waals surface area contributed by atoms with Gasteiger partial charge in [0.15, 0.2) is 0 Å². The van der Waals surface area contributed by atoms with E-state index in [0.717, 1.165) is 12.8 Å². The Morgan fingerprint density at radius 2 is 2.32 bits per heavy atom. The Balaban J connectivity index is 1.88. The van der Waals surface area contributed by atoms with E-state index in [9.17, 15) is 9.59 Å². The van der Waals surface area contributed by atoms with E-state index in [1.54, 1.807) is 0 Å². The second-order valence-corrected chi connectivity index (χ2v) is 4.41. The molecule has 1 aliphatic rings. The monoisotopic (exact) mass is 268 g/mol. The fourth-order valence-electron chi connectivity index (χ4n) is 1.96. The van der Waals surface area contributed by atoms with Gasteiger partial charge in [0.1, 0.15) is 12.9 Å². The largest absolute Gasteiger partial charge is 0.463 e. The molecule has 8 heteroatoms. The van der Waals surface area contributed by atoms with Crippen LogP contribution in [0.15, 0.2) is 11.1 Å². The number of hydrogen-bond donors (Lipinski definition) is 1. The molecule has 0 aliphatic carbocycles. The van der Waals surface area contributed by atoms with Crippen molar-refractivity contribution in [1.82, 2.24) is 14.5 Å². The van der Waals surface area contributed by atoms with Crippen molar-refractivity contribution in [3.63, 3.8) is 0 Å². The normalized spacial score (nSPS) is 22.4. The van der Waals surface area contributed by atoms with Crippen molar-refractivity contribution in [2.24, 2.45) is 0 Å². The second-order valence-electron chi connectivity index (χ2n) is 4.41. The summed E-state index contributed by atoms with van der Waals surface area (Å²) in [5, 5.41) is 0. The fourth-order valence-corrected chi connectivity index (χ4v) is 1.96. The molecule has 1 aromatic heterocycles. The SMILES string of the molecule is CC(=O)OC[C@@H]1CC[C@H](Cn2cnc(N)nc2=O)O1. The van der Waals surface area contributed by atoms with Gasteiger partial charge in [-0.25, -0.2) is 9.78 Å². The molecule has 2 rings (SSSR count). The maximum atomic E-state index is 11.5. The van der Waals surface area contributed by atoms with Crippen molar-refractivity contribution in [2.75, 3.05) is 12.3 Å². The summed E-state index contributed by atoms with van der Waals surface area (Å²) in [6.45, 7) is 1.98. The zero-order valence-electron chi connectivity index (χ0n) is 10.6. The first kappa shape index (κ1) is 13.5. The number of ether oxygens (including phenoxy) is 2. The molecule has 104 valence electrons. The molecule has 2 heterocycles. The third kappa shape index (κ3) is 3.75. The van der Waals surface area contributed by atoms with Gasteiger partial charge in [0, 0.05) is 6.92 Å². The molecule has 0 spiro atoms. The van der Waals surface area contributed by atoms with Gasteiger partial charge >= 0.3 is 11.7 Å². The van der Waals surface area contributed by atoms with Crippen LogP contribution in [-0.2, 0) is 20.8 Å². The number of anilines is 1. The van der Waals surface area contributed by atoms with E-state index < -0.39 is 5.69 Å². The average molecular weight is 268 g/mol. The Labute approximate surface area is 109 Å². The minimum Gasteiger partial charge on any atom is -0.463 e. The first-order valence-corrected chi connectivity index (χ1v) is 6.02. The maximum Gasteiger partial charge on any atom is 0.352 e. The van der Waals surface area contributed by atoms with Gasteiger partial charge < -0.3 is 15.2 Å². The summed E-state index contributed by atoms with van der Waals surface area (Å²) in [6, 6.07) is 0. The molecular weight excluding hydrogens is 252 g/mol. The summed E-state index contributed by atoms with van der Waals surface area (Å²) < 4.78 is 11.9. The van der Waals surface area contributed by atoms with Crippen molar-refractivity contribution < 1.29 is 14.3 Å². The van der Waals surface area contributed by atoms with Crippen LogP contribution in [0, 0.1) is 0 Å². The van der Waals surface area contributed by atoms with Crippen LogP contribution in [0.2, 0.25) is 0 Å². The van der Waals surface area contributed by atoms with Gasteiger partial charge in [-0.15, -0.1) is 0 Å². The van der Waals surface area contributed by atoms with Gasteiger partial charge in [0.05, 0.1) is 18.8 Å². The van der Waals surface area contributed by atoms with Gasteiger partial charge in [-0.1, -0.05) is 0 Å². The van der Waals surface area contributed by atoms with Crippen molar-refractivity contribution >= 4 is 11.9 Å². The van der Waals surface area contributed by atoms with E-state index >= 15 is 0 Å². The number of nitrogens with two attached hydrogens (primary N) is 1. The number of hydrogen-bond acceptors (Lipinski definition) is 7. The summed E-state index contributed by atoms with van der Waals surface area (Å²) in [5.74, 6) is -0.364. The molecule has 8 nitrogen and oxygen atoms in total. The van der Waals surface area contributed by atoms with Crippen LogP contribution in [0.1, 0.15) is 19.8 Å². The highest BCUT2D eigenvalue weighted by molar-refractivity contribution is 5.65. The highest BCUT2D eigenvalue weighted by Gasteiger charge is 2.26. The van der Waals surface area contributed by atoms with Gasteiger partial charge in [-0.3, -0.25) is 9.36 Å². The van der Waals surface area contributed by atoms with Crippen LogP contribution >= 0.6 is 0 Å². The molecule has 0 unspecified atom stereocenters. The van der Waals surface area contributed by atoms with Crippen molar-refractivity contribution in [2.45, 2.75) is 38.5 Å². The standard InChI is InChI=1S/C11H16N4O4/c1-7(16)18-5-9-3-2-8(19-9)4-15-6-13-10(12)14-11(15)17/h6,8-9H,2-5H2,1H3,(H2,12,14,17)/t8-,9+/m1/s1. The smallest absolute Gasteiger partial charge is 0.352 e. The number of nitrogens with zero attached hydrogens (tertiary/aromatic N) is 3. The Kier molecular flexibility index (Phi) is 4.10. The Morgan fingerprint density at radius 3 is 3.00 bits per heavy atom. The second kappa shape index (κ2) is 5.79. The third-order valence-corrected chi connectivity index (χ3v) is 2.85. The lowest BCUT2D eigenvalue weighted by Gasteiger charge is -2.14. The Hall–Kier alpha value is -1.96. The molecule has 2 atom stereocenters. The quantitative estimate of drug-likeness (QED) is 0.721. The van der Waals surface area contributed by atoms with Crippen molar-refractivity contribution in [3.8, 4) is 0 Å². The predicted octanol–water partition coefficient (Wildman–Crippen LogP) is -0.669. The number of nitrogen functional groups attached to an aromatic ring is 1. The van der Waals surface area contributed by atoms with Gasteiger partial charge in [0.2, 0.25) is 5.95 Å². The minimum atomic E-state index is -0.445. The van der Waals surface area contributed by atoms with Crippen molar-refractivity contribution in [1.29, 1.82) is 0 Å². The molecule has 1 aromatic rings. The topological polar surface area (TPSA) is 109 Å². The van der Waals surface area contributed by atoms with Gasteiger partial charge in [-0.05, 0) is 12.8 Å². The molecule has 0 bridgehead atoms. The van der Waals surface area contributed by atoms with Crippen LogP contribution in [-0.4, -0.2) is 39.3 Å². The van der Waals surface area contributed by atoms with E-state index in [-0.39, 0.29) is 30.7 Å². The highest BCUT2D eigenvalue weighted by atomic mass is 16.6. The summed E-state index contributed by atoms with van der Waals surface area (Å²) in [4.78, 5) is 29.5. The lowest BCUT2D eigenvalue weighted by Crippen LogP contribution is -2.30. The Morgan fingerprint density at radius 1 is 1.58 bits per heavy atom. The molecule has 0 saturated carbocycles. The van der Waals surface area contributed by atoms with Crippen molar-refractivity contribution in [3.05, 3.63) is 16.8 Å². The van der Waals surface area contributed by atoms with E-state index in [0.29, 0.717) is 6.54 Å². The predicted molar refractivity (Wildman–Crippen MR) is 65.2 cm³/mol. The van der Waals surface area contributed by atoms with Crippen LogP contribution < -0.4 is 11.4 Å². The third-order valence-electron chi connectivity index (χ3n) is 2.85. The summed E-state index contributed by atoms with van der Waals surface area (Å²) >= 11 is 0. The molecule has 0 radical (unpaired) electrons. The summed E-state index contributed by atoms with van der Waals surface area (Å²) in [6.07, 6.45) is 2.73. The number of esters is 1. The number of carbonyl (C=O) groups is 1. The van der Waals surface area contributed by atoms with Crippen LogP contribution in [0.25, 0.3) is 0 Å². The molecular formula is C11H16N4O4. The number of rotatable bonds is 4. The van der Waals surface area contributed by atoms with Gasteiger partial charge in [0.25, 0.3) is 0 Å². The molecule has 1 fully saturated rings.